The van der Waals surface area contributed by atoms with Crippen molar-refractivity contribution in [2.75, 3.05) is 11.9 Å². The van der Waals surface area contributed by atoms with Crippen molar-refractivity contribution < 1.29 is 15.0 Å². The van der Waals surface area contributed by atoms with Gasteiger partial charge in [-0.2, -0.15) is 0 Å². The Balaban J connectivity index is 2.01. The van der Waals surface area contributed by atoms with Crippen LogP contribution in [0.15, 0.2) is 18.5 Å². The number of rotatable bonds is 4. The van der Waals surface area contributed by atoms with Crippen LogP contribution in [-0.2, 0) is 0 Å². The molecule has 0 saturated heterocycles. The minimum Gasteiger partial charge on any atom is -0.478 e. The molecule has 0 bridgehead atoms. The summed E-state index contributed by atoms with van der Waals surface area (Å²) in [6.45, 7) is 2.57. The standard InChI is InChI=1S/C14H20N2O3/c1-10-2-5-14(19,6-3-10)9-16-12-4-7-15-8-11(12)13(17)18/h4,7-8,10,19H,2-3,5-6,9H2,1H3,(H,15,16)(H,17,18). The number of hydrogen-bond donors (Lipinski definition) is 3. The molecular formula is C14H20N2O3. The van der Waals surface area contributed by atoms with E-state index in [2.05, 4.69) is 17.2 Å². The first kappa shape index (κ1) is 13.8. The molecular weight excluding hydrogens is 244 g/mol. The van der Waals surface area contributed by atoms with E-state index in [1.54, 1.807) is 12.3 Å². The Hall–Kier alpha value is -1.62. The Labute approximate surface area is 112 Å². The Morgan fingerprint density at radius 1 is 1.53 bits per heavy atom. The van der Waals surface area contributed by atoms with Gasteiger partial charge in [0.2, 0.25) is 0 Å². The SMILES string of the molecule is CC1CCC(O)(CNc2ccncc2C(=O)O)CC1. The number of nitrogens with one attached hydrogen (secondary N) is 1. The van der Waals surface area contributed by atoms with E-state index in [4.69, 9.17) is 5.11 Å². The average molecular weight is 264 g/mol. The van der Waals surface area contributed by atoms with Gasteiger partial charge in [-0.15, -0.1) is 0 Å². The van der Waals surface area contributed by atoms with Gasteiger partial charge in [0.25, 0.3) is 0 Å². The highest BCUT2D eigenvalue weighted by atomic mass is 16.4. The number of aliphatic hydroxyl groups is 1. The van der Waals surface area contributed by atoms with Gasteiger partial charge in [0, 0.05) is 18.9 Å². The normalized spacial score (nSPS) is 26.9. The van der Waals surface area contributed by atoms with Crippen LogP contribution >= 0.6 is 0 Å². The molecule has 1 fully saturated rings. The van der Waals surface area contributed by atoms with Gasteiger partial charge >= 0.3 is 5.97 Å². The second-order valence-corrected chi connectivity index (χ2v) is 5.49. The molecule has 0 radical (unpaired) electrons. The van der Waals surface area contributed by atoms with E-state index in [9.17, 15) is 9.90 Å². The van der Waals surface area contributed by atoms with E-state index in [0.717, 1.165) is 25.7 Å². The maximum absolute atomic E-state index is 11.1. The molecule has 1 aromatic rings. The summed E-state index contributed by atoms with van der Waals surface area (Å²) >= 11 is 0. The molecule has 0 unspecified atom stereocenters. The molecule has 19 heavy (non-hydrogen) atoms. The number of carboxylic acid groups (broad SMARTS) is 1. The minimum atomic E-state index is -1.01. The first-order valence-corrected chi connectivity index (χ1v) is 6.64. The van der Waals surface area contributed by atoms with Crippen LogP contribution in [0.3, 0.4) is 0 Å². The van der Waals surface area contributed by atoms with Crippen LogP contribution in [0.5, 0.6) is 0 Å². The Bertz CT molecular complexity index is 454. The monoisotopic (exact) mass is 264 g/mol. The predicted molar refractivity (Wildman–Crippen MR) is 72.3 cm³/mol. The molecule has 2 rings (SSSR count). The number of nitrogens with zero attached hydrogens (tertiary/aromatic N) is 1. The van der Waals surface area contributed by atoms with E-state index in [0.29, 0.717) is 18.2 Å². The minimum absolute atomic E-state index is 0.135. The van der Waals surface area contributed by atoms with Crippen molar-refractivity contribution in [3.05, 3.63) is 24.0 Å². The highest BCUT2D eigenvalue weighted by Gasteiger charge is 2.31. The van der Waals surface area contributed by atoms with Crippen molar-refractivity contribution in [2.45, 2.75) is 38.2 Å². The third kappa shape index (κ3) is 3.44. The molecule has 5 nitrogen and oxygen atoms in total. The maximum atomic E-state index is 11.1. The Kier molecular flexibility index (Phi) is 4.04. The number of carbonyl (C=O) groups is 1. The summed E-state index contributed by atoms with van der Waals surface area (Å²) in [6, 6.07) is 1.62. The number of aromatic carboxylic acids is 1. The first-order chi connectivity index (χ1) is 9.00. The second kappa shape index (κ2) is 5.57. The fourth-order valence-corrected chi connectivity index (χ4v) is 2.46. The molecule has 1 aromatic heterocycles. The van der Waals surface area contributed by atoms with Crippen molar-refractivity contribution in [2.24, 2.45) is 5.92 Å². The van der Waals surface area contributed by atoms with Crippen LogP contribution in [-0.4, -0.2) is 33.3 Å². The molecule has 1 saturated carbocycles. The van der Waals surface area contributed by atoms with Gasteiger partial charge in [0.1, 0.15) is 5.56 Å². The molecule has 5 heteroatoms. The summed E-state index contributed by atoms with van der Waals surface area (Å²) in [5.74, 6) is -0.351. The Morgan fingerprint density at radius 2 is 2.21 bits per heavy atom. The van der Waals surface area contributed by atoms with Gasteiger partial charge < -0.3 is 15.5 Å². The summed E-state index contributed by atoms with van der Waals surface area (Å²) in [6.07, 6.45) is 6.41. The van der Waals surface area contributed by atoms with Crippen LogP contribution in [0.2, 0.25) is 0 Å². The first-order valence-electron chi connectivity index (χ1n) is 6.64. The molecule has 0 atom stereocenters. The van der Waals surface area contributed by atoms with Crippen molar-refractivity contribution in [1.82, 2.24) is 4.98 Å². The lowest BCUT2D eigenvalue weighted by molar-refractivity contribution is 0.00496. The zero-order valence-corrected chi connectivity index (χ0v) is 11.1. The van der Waals surface area contributed by atoms with E-state index >= 15 is 0 Å². The molecule has 3 N–H and O–H groups in total. The van der Waals surface area contributed by atoms with E-state index in [-0.39, 0.29) is 5.56 Å². The molecule has 104 valence electrons. The lowest BCUT2D eigenvalue weighted by Gasteiger charge is -2.35. The molecule has 0 amide bonds. The topological polar surface area (TPSA) is 82.5 Å². The van der Waals surface area contributed by atoms with Gasteiger partial charge in [-0.25, -0.2) is 4.79 Å². The van der Waals surface area contributed by atoms with E-state index in [1.165, 1.54) is 6.20 Å². The molecule has 1 aliphatic carbocycles. The van der Waals surface area contributed by atoms with Crippen molar-refractivity contribution in [1.29, 1.82) is 0 Å². The lowest BCUT2D eigenvalue weighted by atomic mass is 9.79. The van der Waals surface area contributed by atoms with Crippen molar-refractivity contribution >= 4 is 11.7 Å². The molecule has 1 aliphatic rings. The van der Waals surface area contributed by atoms with Gasteiger partial charge in [-0.3, -0.25) is 4.98 Å². The van der Waals surface area contributed by atoms with Gasteiger partial charge in [-0.1, -0.05) is 6.92 Å². The number of anilines is 1. The van der Waals surface area contributed by atoms with Gasteiger partial charge in [0.15, 0.2) is 0 Å². The fraction of sp³-hybridized carbons (Fsp3) is 0.571. The van der Waals surface area contributed by atoms with Gasteiger partial charge in [0.05, 0.1) is 11.3 Å². The average Bonchev–Trinajstić information content (AvgIpc) is 2.41. The molecule has 0 spiro atoms. The van der Waals surface area contributed by atoms with Crippen molar-refractivity contribution in [3.63, 3.8) is 0 Å². The molecule has 0 aliphatic heterocycles. The highest BCUT2D eigenvalue weighted by Crippen LogP contribution is 2.32. The third-order valence-corrected chi connectivity index (χ3v) is 3.86. The summed E-state index contributed by atoms with van der Waals surface area (Å²) in [7, 11) is 0. The smallest absolute Gasteiger partial charge is 0.339 e. The lowest BCUT2D eigenvalue weighted by Crippen LogP contribution is -2.40. The predicted octanol–water partition coefficient (Wildman–Crippen LogP) is 2.13. The maximum Gasteiger partial charge on any atom is 0.339 e. The highest BCUT2D eigenvalue weighted by molar-refractivity contribution is 5.93. The van der Waals surface area contributed by atoms with Crippen LogP contribution in [0.25, 0.3) is 0 Å². The number of hydrogen-bond acceptors (Lipinski definition) is 4. The van der Waals surface area contributed by atoms with Crippen molar-refractivity contribution in [3.8, 4) is 0 Å². The Morgan fingerprint density at radius 3 is 2.84 bits per heavy atom. The molecule has 0 aromatic carbocycles. The summed E-state index contributed by atoms with van der Waals surface area (Å²) in [5.41, 5.74) is -0.0872. The second-order valence-electron chi connectivity index (χ2n) is 5.49. The van der Waals surface area contributed by atoms with E-state index < -0.39 is 11.6 Å². The van der Waals surface area contributed by atoms with Crippen LogP contribution < -0.4 is 5.32 Å². The van der Waals surface area contributed by atoms with Crippen LogP contribution in [0, 0.1) is 5.92 Å². The number of aromatic nitrogens is 1. The molecule has 1 heterocycles. The quantitative estimate of drug-likeness (QED) is 0.776. The third-order valence-electron chi connectivity index (χ3n) is 3.86. The van der Waals surface area contributed by atoms with Gasteiger partial charge in [-0.05, 0) is 37.7 Å². The summed E-state index contributed by atoms with van der Waals surface area (Å²) in [5, 5.41) is 22.6. The van der Waals surface area contributed by atoms with Crippen LogP contribution in [0.1, 0.15) is 43.0 Å². The largest absolute Gasteiger partial charge is 0.478 e. The summed E-state index contributed by atoms with van der Waals surface area (Å²) in [4.78, 5) is 14.9. The number of pyridine rings is 1. The van der Waals surface area contributed by atoms with Crippen LogP contribution in [0.4, 0.5) is 5.69 Å². The van der Waals surface area contributed by atoms with E-state index in [1.807, 2.05) is 0 Å². The summed E-state index contributed by atoms with van der Waals surface area (Å²) < 4.78 is 0. The zero-order chi connectivity index (χ0) is 13.9. The fourth-order valence-electron chi connectivity index (χ4n) is 2.46. The number of carboxylic acids is 1. The zero-order valence-electron chi connectivity index (χ0n) is 11.1.